The Labute approximate surface area is 67.8 Å². The van der Waals surface area contributed by atoms with Crippen molar-refractivity contribution in [2.45, 2.75) is 6.42 Å². The molecule has 1 aliphatic heterocycles. The number of rotatable bonds is 0. The summed E-state index contributed by atoms with van der Waals surface area (Å²) in [5.41, 5.74) is 2.36. The topological polar surface area (TPSA) is 24.9 Å². The van der Waals surface area contributed by atoms with Crippen LogP contribution in [0.5, 0.6) is 0 Å². The summed E-state index contributed by atoms with van der Waals surface area (Å²) in [6, 6.07) is 2.06. The molecule has 0 aliphatic carbocycles. The summed E-state index contributed by atoms with van der Waals surface area (Å²) >= 11 is 3.36. The first-order valence-electron chi connectivity index (χ1n) is 3.24. The molecule has 1 N–H and O–H groups in total. The highest BCUT2D eigenvalue weighted by atomic mass is 79.9. The van der Waals surface area contributed by atoms with E-state index in [0.29, 0.717) is 0 Å². The molecule has 2 rings (SSSR count). The second-order valence-electron chi connectivity index (χ2n) is 2.32. The van der Waals surface area contributed by atoms with Crippen LogP contribution in [-0.4, -0.2) is 11.5 Å². The Balaban J connectivity index is 2.52. The van der Waals surface area contributed by atoms with Gasteiger partial charge in [0.1, 0.15) is 0 Å². The molecule has 3 heteroatoms. The van der Waals surface area contributed by atoms with Gasteiger partial charge in [-0.2, -0.15) is 0 Å². The molecule has 0 fully saturated rings. The zero-order valence-electron chi connectivity index (χ0n) is 5.39. The van der Waals surface area contributed by atoms with Gasteiger partial charge in [-0.15, -0.1) is 0 Å². The maximum absolute atomic E-state index is 4.25. The monoisotopic (exact) mass is 198 g/mol. The highest BCUT2D eigenvalue weighted by Crippen LogP contribution is 2.22. The third-order valence-electron chi connectivity index (χ3n) is 1.61. The smallest absolute Gasteiger partial charge is 0.0653 e. The molecular formula is C7H7BrN2. The Morgan fingerprint density at radius 2 is 2.50 bits per heavy atom. The van der Waals surface area contributed by atoms with Gasteiger partial charge in [0, 0.05) is 23.6 Å². The lowest BCUT2D eigenvalue weighted by Gasteiger charge is -1.96. The molecule has 0 atom stereocenters. The molecule has 10 heavy (non-hydrogen) atoms. The van der Waals surface area contributed by atoms with E-state index in [1.165, 1.54) is 11.4 Å². The van der Waals surface area contributed by atoms with Crippen LogP contribution >= 0.6 is 15.9 Å². The predicted octanol–water partition coefficient (Wildman–Crippen LogP) is 1.81. The van der Waals surface area contributed by atoms with Crippen LogP contribution < -0.4 is 5.32 Å². The molecule has 0 aromatic carbocycles. The molecule has 0 unspecified atom stereocenters. The molecule has 1 aromatic rings. The molecule has 0 saturated carbocycles. The minimum atomic E-state index is 1.03. The van der Waals surface area contributed by atoms with Crippen LogP contribution in [0.3, 0.4) is 0 Å². The summed E-state index contributed by atoms with van der Waals surface area (Å²) in [6.45, 7) is 1.03. The number of hydrogen-bond donors (Lipinski definition) is 1. The third-order valence-corrected chi connectivity index (χ3v) is 2.05. The fraction of sp³-hybridized carbons (Fsp3) is 0.286. The molecule has 52 valence electrons. The SMILES string of the molecule is Brc1cnc2c(c1)NCC2. The normalized spacial score (nSPS) is 14.5. The zero-order chi connectivity index (χ0) is 6.97. The first-order chi connectivity index (χ1) is 4.86. The summed E-state index contributed by atoms with van der Waals surface area (Å²) < 4.78 is 1.04. The van der Waals surface area contributed by atoms with Crippen molar-refractivity contribution >= 4 is 21.6 Å². The Morgan fingerprint density at radius 3 is 3.40 bits per heavy atom. The van der Waals surface area contributed by atoms with Gasteiger partial charge in [0.2, 0.25) is 0 Å². The average Bonchev–Trinajstić information content (AvgIpc) is 2.33. The number of halogens is 1. The lowest BCUT2D eigenvalue weighted by Crippen LogP contribution is -1.90. The van der Waals surface area contributed by atoms with Crippen molar-refractivity contribution in [1.29, 1.82) is 0 Å². The van der Waals surface area contributed by atoms with Crippen LogP contribution in [0.4, 0.5) is 5.69 Å². The van der Waals surface area contributed by atoms with Crippen molar-refractivity contribution in [3.63, 3.8) is 0 Å². The van der Waals surface area contributed by atoms with Crippen molar-refractivity contribution in [2.24, 2.45) is 0 Å². The summed E-state index contributed by atoms with van der Waals surface area (Å²) in [4.78, 5) is 4.25. The van der Waals surface area contributed by atoms with Crippen molar-refractivity contribution < 1.29 is 0 Å². The molecule has 2 heterocycles. The van der Waals surface area contributed by atoms with Crippen LogP contribution in [0.2, 0.25) is 0 Å². The highest BCUT2D eigenvalue weighted by molar-refractivity contribution is 9.10. The van der Waals surface area contributed by atoms with E-state index in [0.717, 1.165) is 17.4 Å². The summed E-state index contributed by atoms with van der Waals surface area (Å²) in [7, 11) is 0. The fourth-order valence-electron chi connectivity index (χ4n) is 1.14. The number of nitrogens with one attached hydrogen (secondary N) is 1. The lowest BCUT2D eigenvalue weighted by atomic mass is 10.3. The molecule has 0 spiro atoms. The van der Waals surface area contributed by atoms with Crippen LogP contribution in [0.25, 0.3) is 0 Å². The maximum atomic E-state index is 4.25. The van der Waals surface area contributed by atoms with Crippen LogP contribution in [0, 0.1) is 0 Å². The minimum absolute atomic E-state index is 1.03. The zero-order valence-corrected chi connectivity index (χ0v) is 6.98. The van der Waals surface area contributed by atoms with E-state index in [-0.39, 0.29) is 0 Å². The van der Waals surface area contributed by atoms with Gasteiger partial charge in [-0.05, 0) is 22.0 Å². The second kappa shape index (κ2) is 2.23. The first kappa shape index (κ1) is 6.16. The van der Waals surface area contributed by atoms with E-state index >= 15 is 0 Å². The van der Waals surface area contributed by atoms with Gasteiger partial charge in [-0.25, -0.2) is 0 Å². The van der Waals surface area contributed by atoms with Crippen molar-refractivity contribution in [3.05, 3.63) is 22.4 Å². The van der Waals surface area contributed by atoms with Crippen LogP contribution in [-0.2, 0) is 6.42 Å². The minimum Gasteiger partial charge on any atom is -0.383 e. The lowest BCUT2D eigenvalue weighted by molar-refractivity contribution is 1.04. The summed E-state index contributed by atoms with van der Waals surface area (Å²) in [5, 5.41) is 3.25. The molecule has 0 amide bonds. The Hall–Kier alpha value is -0.570. The second-order valence-corrected chi connectivity index (χ2v) is 3.24. The number of nitrogens with zero attached hydrogens (tertiary/aromatic N) is 1. The van der Waals surface area contributed by atoms with Crippen molar-refractivity contribution in [3.8, 4) is 0 Å². The van der Waals surface area contributed by atoms with Crippen molar-refractivity contribution in [1.82, 2.24) is 4.98 Å². The molecule has 1 aliphatic rings. The van der Waals surface area contributed by atoms with Gasteiger partial charge in [-0.3, -0.25) is 4.98 Å². The number of pyridine rings is 1. The number of anilines is 1. The molecule has 2 nitrogen and oxygen atoms in total. The maximum Gasteiger partial charge on any atom is 0.0653 e. The summed E-state index contributed by atoms with van der Waals surface area (Å²) in [6.07, 6.45) is 2.90. The van der Waals surface area contributed by atoms with E-state index in [1.807, 2.05) is 6.20 Å². The van der Waals surface area contributed by atoms with Gasteiger partial charge >= 0.3 is 0 Å². The number of aromatic nitrogens is 1. The van der Waals surface area contributed by atoms with Gasteiger partial charge in [-0.1, -0.05) is 0 Å². The molecule has 0 saturated heterocycles. The predicted molar refractivity (Wildman–Crippen MR) is 44.1 cm³/mol. The number of hydrogen-bond acceptors (Lipinski definition) is 2. The third kappa shape index (κ3) is 0.904. The van der Waals surface area contributed by atoms with E-state index in [4.69, 9.17) is 0 Å². The standard InChI is InChI=1S/C7H7BrN2/c8-5-3-7-6(10-4-5)1-2-9-7/h3-4,9H,1-2H2. The molecular weight excluding hydrogens is 192 g/mol. The van der Waals surface area contributed by atoms with E-state index in [2.05, 4.69) is 32.3 Å². The van der Waals surface area contributed by atoms with Gasteiger partial charge in [0.25, 0.3) is 0 Å². The Bertz CT molecular complexity index is 260. The van der Waals surface area contributed by atoms with E-state index in [1.54, 1.807) is 0 Å². The van der Waals surface area contributed by atoms with Gasteiger partial charge in [0.05, 0.1) is 11.4 Å². The van der Waals surface area contributed by atoms with E-state index in [9.17, 15) is 0 Å². The Kier molecular flexibility index (Phi) is 1.38. The molecule has 1 aromatic heterocycles. The quantitative estimate of drug-likeness (QED) is 0.689. The van der Waals surface area contributed by atoms with Crippen molar-refractivity contribution in [2.75, 3.05) is 11.9 Å². The fourth-order valence-corrected chi connectivity index (χ4v) is 1.47. The van der Waals surface area contributed by atoms with Crippen LogP contribution in [0.1, 0.15) is 5.69 Å². The largest absolute Gasteiger partial charge is 0.383 e. The Morgan fingerprint density at radius 1 is 1.60 bits per heavy atom. The summed E-state index contributed by atoms with van der Waals surface area (Å²) in [5.74, 6) is 0. The van der Waals surface area contributed by atoms with Crippen LogP contribution in [0.15, 0.2) is 16.7 Å². The average molecular weight is 199 g/mol. The molecule has 0 radical (unpaired) electrons. The number of fused-ring (bicyclic) bond motifs is 1. The highest BCUT2D eigenvalue weighted by Gasteiger charge is 2.09. The van der Waals surface area contributed by atoms with Gasteiger partial charge < -0.3 is 5.32 Å². The van der Waals surface area contributed by atoms with Gasteiger partial charge in [0.15, 0.2) is 0 Å². The first-order valence-corrected chi connectivity index (χ1v) is 4.04. The molecule has 0 bridgehead atoms. The van der Waals surface area contributed by atoms with E-state index < -0.39 is 0 Å².